The predicted octanol–water partition coefficient (Wildman–Crippen LogP) is -2.52. The van der Waals surface area contributed by atoms with Gasteiger partial charge in [-0.15, -0.1) is 0 Å². The summed E-state index contributed by atoms with van der Waals surface area (Å²) in [4.78, 5) is 10.2. The summed E-state index contributed by atoms with van der Waals surface area (Å²) in [5, 5.41) is 27.0. The zero-order chi connectivity index (χ0) is 12.2. The van der Waals surface area contributed by atoms with Gasteiger partial charge in [0, 0.05) is 0 Å². The maximum absolute atomic E-state index is 10.3. The molecule has 4 N–H and O–H groups in total. The molecule has 0 heterocycles. The van der Waals surface area contributed by atoms with Gasteiger partial charge in [0.05, 0.1) is 6.10 Å². The SMILES string of the molecule is C[C@H](O)[C@H](O)[C@@H](OS(=O)(=O)O)[C@@H](O)C=O. The van der Waals surface area contributed by atoms with Crippen molar-refractivity contribution in [3.63, 3.8) is 0 Å². The van der Waals surface area contributed by atoms with Crippen LogP contribution in [0.2, 0.25) is 0 Å². The second-order valence-electron chi connectivity index (χ2n) is 2.85. The van der Waals surface area contributed by atoms with E-state index in [9.17, 15) is 18.3 Å². The van der Waals surface area contributed by atoms with E-state index in [1.54, 1.807) is 0 Å². The van der Waals surface area contributed by atoms with Crippen LogP contribution < -0.4 is 0 Å². The van der Waals surface area contributed by atoms with E-state index in [4.69, 9.17) is 14.8 Å². The number of aldehydes is 1. The van der Waals surface area contributed by atoms with Crippen molar-refractivity contribution < 1.29 is 37.3 Å². The van der Waals surface area contributed by atoms with E-state index in [0.717, 1.165) is 6.92 Å². The highest BCUT2D eigenvalue weighted by Gasteiger charge is 2.34. The topological polar surface area (TPSA) is 141 Å². The number of aliphatic hydroxyl groups is 3. The maximum Gasteiger partial charge on any atom is 0.397 e. The second kappa shape index (κ2) is 5.49. The lowest BCUT2D eigenvalue weighted by atomic mass is 10.1. The molecule has 0 aliphatic heterocycles. The van der Waals surface area contributed by atoms with Crippen molar-refractivity contribution in [3.05, 3.63) is 0 Å². The third-order valence-corrected chi connectivity index (χ3v) is 2.01. The Hall–Kier alpha value is -0.580. The molecule has 8 nitrogen and oxygen atoms in total. The van der Waals surface area contributed by atoms with E-state index in [0.29, 0.717) is 0 Å². The van der Waals surface area contributed by atoms with Gasteiger partial charge in [0.25, 0.3) is 0 Å². The van der Waals surface area contributed by atoms with E-state index in [-0.39, 0.29) is 6.29 Å². The molecule has 0 aliphatic rings. The molecule has 4 atom stereocenters. The van der Waals surface area contributed by atoms with Crippen LogP contribution >= 0.6 is 0 Å². The Balaban J connectivity index is 4.81. The van der Waals surface area contributed by atoms with Crippen LogP contribution in [0.25, 0.3) is 0 Å². The Morgan fingerprint density at radius 1 is 1.27 bits per heavy atom. The van der Waals surface area contributed by atoms with Crippen LogP contribution in [0.5, 0.6) is 0 Å². The molecule has 0 aromatic heterocycles. The maximum atomic E-state index is 10.3. The van der Waals surface area contributed by atoms with Crippen LogP contribution in [0.1, 0.15) is 6.92 Å². The van der Waals surface area contributed by atoms with E-state index in [1.807, 2.05) is 0 Å². The summed E-state index contributed by atoms with van der Waals surface area (Å²) >= 11 is 0. The van der Waals surface area contributed by atoms with Gasteiger partial charge in [-0.25, -0.2) is 4.18 Å². The average Bonchev–Trinajstić information content (AvgIpc) is 2.10. The van der Waals surface area contributed by atoms with Crippen molar-refractivity contribution in [2.75, 3.05) is 0 Å². The Morgan fingerprint density at radius 3 is 2.00 bits per heavy atom. The molecule has 0 amide bonds. The summed E-state index contributed by atoms with van der Waals surface area (Å²) in [6, 6.07) is 0. The molecule has 0 saturated heterocycles. The minimum Gasteiger partial charge on any atom is -0.391 e. The largest absolute Gasteiger partial charge is 0.397 e. The van der Waals surface area contributed by atoms with E-state index in [1.165, 1.54) is 0 Å². The lowest BCUT2D eigenvalue weighted by Crippen LogP contribution is -2.46. The number of carbonyl (C=O) groups excluding carboxylic acids is 1. The lowest BCUT2D eigenvalue weighted by molar-refractivity contribution is -0.128. The number of hydrogen-bond acceptors (Lipinski definition) is 7. The molecule has 90 valence electrons. The van der Waals surface area contributed by atoms with Crippen LogP contribution in [0.3, 0.4) is 0 Å². The minimum atomic E-state index is -4.95. The molecule has 0 radical (unpaired) electrons. The van der Waals surface area contributed by atoms with Crippen molar-refractivity contribution >= 4 is 16.7 Å². The van der Waals surface area contributed by atoms with Gasteiger partial charge in [0.1, 0.15) is 18.3 Å². The first kappa shape index (κ1) is 14.4. The summed E-state index contributed by atoms with van der Waals surface area (Å²) in [5.41, 5.74) is 0. The van der Waals surface area contributed by atoms with Crippen LogP contribution in [0.4, 0.5) is 0 Å². The molecule has 0 aromatic carbocycles. The third kappa shape index (κ3) is 5.16. The number of aliphatic hydroxyl groups excluding tert-OH is 3. The molecule has 0 saturated carbocycles. The van der Waals surface area contributed by atoms with E-state index >= 15 is 0 Å². The lowest BCUT2D eigenvalue weighted by Gasteiger charge is -2.24. The van der Waals surface area contributed by atoms with E-state index < -0.39 is 34.8 Å². The molecular formula is C6H12O8S. The molecule has 0 rings (SSSR count). The third-order valence-electron chi connectivity index (χ3n) is 1.54. The number of rotatable bonds is 6. The molecule has 0 fully saturated rings. The first-order valence-corrected chi connectivity index (χ1v) is 5.20. The molecule has 0 bridgehead atoms. The van der Waals surface area contributed by atoms with Gasteiger partial charge in [-0.1, -0.05) is 0 Å². The van der Waals surface area contributed by atoms with Crippen molar-refractivity contribution in [3.8, 4) is 0 Å². The quantitative estimate of drug-likeness (QED) is 0.296. The van der Waals surface area contributed by atoms with Crippen LogP contribution in [0.15, 0.2) is 0 Å². The zero-order valence-electron chi connectivity index (χ0n) is 7.72. The van der Waals surface area contributed by atoms with Crippen molar-refractivity contribution in [1.82, 2.24) is 0 Å². The Bertz CT molecular complexity index is 296. The molecule has 0 aromatic rings. The van der Waals surface area contributed by atoms with Gasteiger partial charge in [-0.05, 0) is 6.92 Å². The first-order valence-electron chi connectivity index (χ1n) is 3.84. The summed E-state index contributed by atoms with van der Waals surface area (Å²) in [6.45, 7) is 1.09. The standard InChI is InChI=1S/C6H12O8S/c1-3(8)5(10)6(4(9)2-7)14-15(11,12)13/h2-6,8-10H,1H3,(H,11,12,13)/t3-,4-,5-,6-/m0/s1. The highest BCUT2D eigenvalue weighted by molar-refractivity contribution is 7.80. The molecule has 9 heteroatoms. The fourth-order valence-electron chi connectivity index (χ4n) is 0.808. The summed E-state index contributed by atoms with van der Waals surface area (Å²) in [7, 11) is -4.95. The monoisotopic (exact) mass is 244 g/mol. The minimum absolute atomic E-state index is 0.0958. The molecule has 15 heavy (non-hydrogen) atoms. The summed E-state index contributed by atoms with van der Waals surface area (Å²) in [5.74, 6) is 0. The van der Waals surface area contributed by atoms with Crippen molar-refractivity contribution in [2.45, 2.75) is 31.3 Å². The van der Waals surface area contributed by atoms with Gasteiger partial charge in [0.15, 0.2) is 6.29 Å². The molecule has 0 aliphatic carbocycles. The average molecular weight is 244 g/mol. The fraction of sp³-hybridized carbons (Fsp3) is 0.833. The zero-order valence-corrected chi connectivity index (χ0v) is 8.53. The molecule has 0 unspecified atom stereocenters. The first-order chi connectivity index (χ1) is 6.69. The number of carbonyl (C=O) groups is 1. The van der Waals surface area contributed by atoms with Gasteiger partial charge in [0.2, 0.25) is 0 Å². The van der Waals surface area contributed by atoms with Crippen LogP contribution in [0, 0.1) is 0 Å². The second-order valence-corrected chi connectivity index (χ2v) is 3.89. The Labute approximate surface area is 86.1 Å². The van der Waals surface area contributed by atoms with Gasteiger partial charge >= 0.3 is 10.4 Å². The summed E-state index contributed by atoms with van der Waals surface area (Å²) in [6.07, 6.45) is -7.34. The van der Waals surface area contributed by atoms with Crippen LogP contribution in [-0.2, 0) is 19.4 Å². The molecule has 0 spiro atoms. The number of hydrogen-bond donors (Lipinski definition) is 4. The Kier molecular flexibility index (Phi) is 5.28. The summed E-state index contributed by atoms with van der Waals surface area (Å²) < 4.78 is 32.7. The normalized spacial score (nSPS) is 20.3. The smallest absolute Gasteiger partial charge is 0.391 e. The highest BCUT2D eigenvalue weighted by atomic mass is 32.3. The van der Waals surface area contributed by atoms with Gasteiger partial charge in [-0.2, -0.15) is 8.42 Å². The van der Waals surface area contributed by atoms with Crippen molar-refractivity contribution in [1.29, 1.82) is 0 Å². The predicted molar refractivity (Wildman–Crippen MR) is 46.2 cm³/mol. The van der Waals surface area contributed by atoms with Crippen LogP contribution in [-0.4, -0.2) is 59.0 Å². The van der Waals surface area contributed by atoms with Gasteiger partial charge in [-0.3, -0.25) is 4.55 Å². The van der Waals surface area contributed by atoms with Gasteiger partial charge < -0.3 is 20.1 Å². The van der Waals surface area contributed by atoms with E-state index in [2.05, 4.69) is 4.18 Å². The Morgan fingerprint density at radius 2 is 1.73 bits per heavy atom. The highest BCUT2D eigenvalue weighted by Crippen LogP contribution is 2.10. The fourth-order valence-corrected chi connectivity index (χ4v) is 1.32. The molecular weight excluding hydrogens is 232 g/mol. The van der Waals surface area contributed by atoms with Crippen molar-refractivity contribution in [2.24, 2.45) is 0 Å².